The van der Waals surface area contributed by atoms with Crippen LogP contribution in [-0.2, 0) is 10.8 Å². The fourth-order valence-electron chi connectivity index (χ4n) is 10.2. The summed E-state index contributed by atoms with van der Waals surface area (Å²) in [7, 11) is 0. The van der Waals surface area contributed by atoms with E-state index in [0.717, 1.165) is 27.6 Å². The van der Waals surface area contributed by atoms with Gasteiger partial charge in [0, 0.05) is 60.8 Å². The van der Waals surface area contributed by atoms with Crippen LogP contribution in [0, 0.1) is 0 Å². The molecule has 60 heavy (non-hydrogen) atoms. The van der Waals surface area contributed by atoms with Crippen LogP contribution in [-0.4, -0.2) is 11.3 Å². The second-order valence-electron chi connectivity index (χ2n) is 19.0. The molecular weight excluding hydrogens is 727 g/mol. The van der Waals surface area contributed by atoms with E-state index in [0.29, 0.717) is 0 Å². The molecule has 2 aliphatic rings. The molecule has 0 fully saturated rings. The quantitative estimate of drug-likeness (QED) is 0.167. The van der Waals surface area contributed by atoms with E-state index in [-0.39, 0.29) is 17.7 Å². The first-order valence-electron chi connectivity index (χ1n) is 21.3. The Kier molecular flexibility index (Phi) is 7.26. The summed E-state index contributed by atoms with van der Waals surface area (Å²) < 4.78 is 9.77. The molecule has 0 N–H and O–H groups in total. The summed E-state index contributed by atoms with van der Waals surface area (Å²) in [6.07, 6.45) is 0. The Morgan fingerprint density at radius 1 is 0.483 bits per heavy atom. The van der Waals surface area contributed by atoms with Crippen LogP contribution >= 0.6 is 0 Å². The van der Waals surface area contributed by atoms with Gasteiger partial charge in [0.05, 0.1) is 0 Å². The molecule has 2 aliphatic heterocycles. The lowest BCUT2D eigenvalue weighted by molar-refractivity contribution is 0.590. The van der Waals surface area contributed by atoms with E-state index in [2.05, 4.69) is 215 Å². The summed E-state index contributed by atoms with van der Waals surface area (Å²) >= 11 is 0. The van der Waals surface area contributed by atoms with Gasteiger partial charge >= 0.3 is 6.85 Å². The molecule has 0 bridgehead atoms. The molecule has 2 aromatic heterocycles. The molecule has 0 atom stereocenters. The minimum Gasteiger partial charge on any atom is -0.455 e. The molecule has 0 radical (unpaired) electrons. The predicted molar refractivity (Wildman–Crippen MR) is 256 cm³/mol. The van der Waals surface area contributed by atoms with E-state index in [1.165, 1.54) is 88.6 Å². The fraction of sp³-hybridized carbons (Fsp3) is 0.143. The van der Waals surface area contributed by atoms with Crippen LogP contribution in [0.25, 0.3) is 77.1 Å². The van der Waals surface area contributed by atoms with Crippen LogP contribution in [0.3, 0.4) is 0 Å². The Balaban J connectivity index is 1.26. The Labute approximate surface area is 351 Å². The van der Waals surface area contributed by atoms with Crippen molar-refractivity contribution in [3.05, 3.63) is 175 Å². The highest BCUT2D eigenvalue weighted by atomic mass is 16.3. The summed E-state index contributed by atoms with van der Waals surface area (Å²) in [5.74, 6) is 0. The molecule has 0 amide bonds. The van der Waals surface area contributed by atoms with Crippen LogP contribution in [0.2, 0.25) is 0 Å². The Morgan fingerprint density at radius 2 is 1.12 bits per heavy atom. The van der Waals surface area contributed by atoms with Crippen molar-refractivity contribution in [2.75, 3.05) is 4.90 Å². The molecule has 8 aromatic carbocycles. The highest BCUT2D eigenvalue weighted by Crippen LogP contribution is 2.51. The van der Waals surface area contributed by atoms with Crippen molar-refractivity contribution in [1.82, 2.24) is 4.48 Å². The van der Waals surface area contributed by atoms with Crippen LogP contribution in [0.1, 0.15) is 52.7 Å². The number of nitrogens with zero attached hydrogens (tertiary/aromatic N) is 2. The number of furan rings is 1. The molecule has 0 unspecified atom stereocenters. The molecule has 12 rings (SSSR count). The number of benzene rings is 8. The van der Waals surface area contributed by atoms with Crippen molar-refractivity contribution < 1.29 is 4.42 Å². The average molecular weight is 773 g/mol. The third-order valence-electron chi connectivity index (χ3n) is 13.3. The van der Waals surface area contributed by atoms with Gasteiger partial charge in [0.15, 0.2) is 0 Å². The summed E-state index contributed by atoms with van der Waals surface area (Å²) in [5.41, 5.74) is 20.3. The van der Waals surface area contributed by atoms with E-state index >= 15 is 0 Å². The molecular formula is C56H45BN2O. The summed E-state index contributed by atoms with van der Waals surface area (Å²) in [5, 5.41) is 4.89. The number of hydrogen-bond acceptors (Lipinski definition) is 2. The fourth-order valence-corrected chi connectivity index (χ4v) is 10.2. The number of anilines is 3. The largest absolute Gasteiger partial charge is 0.455 e. The van der Waals surface area contributed by atoms with Gasteiger partial charge in [0.1, 0.15) is 11.2 Å². The Morgan fingerprint density at radius 3 is 1.83 bits per heavy atom. The predicted octanol–water partition coefficient (Wildman–Crippen LogP) is 14.0. The normalized spacial score (nSPS) is 13.4. The summed E-state index contributed by atoms with van der Waals surface area (Å²) in [6.45, 7) is 13.9. The Hall–Kier alpha value is -6.78. The lowest BCUT2D eigenvalue weighted by atomic mass is 9.44. The molecule has 3 nitrogen and oxygen atoms in total. The van der Waals surface area contributed by atoms with Gasteiger partial charge in [-0.1, -0.05) is 151 Å². The number of hydrogen-bond donors (Lipinski definition) is 0. The van der Waals surface area contributed by atoms with E-state index < -0.39 is 0 Å². The van der Waals surface area contributed by atoms with E-state index in [9.17, 15) is 0 Å². The summed E-state index contributed by atoms with van der Waals surface area (Å²) in [6, 6.07) is 61.0. The topological polar surface area (TPSA) is 21.3 Å². The van der Waals surface area contributed by atoms with Crippen molar-refractivity contribution in [3.8, 4) is 33.4 Å². The van der Waals surface area contributed by atoms with Crippen LogP contribution < -0.4 is 15.8 Å². The van der Waals surface area contributed by atoms with Gasteiger partial charge in [-0.15, -0.1) is 0 Å². The number of fused-ring (bicyclic) bond motifs is 11. The van der Waals surface area contributed by atoms with Crippen molar-refractivity contribution in [2.45, 2.75) is 52.4 Å². The van der Waals surface area contributed by atoms with Crippen molar-refractivity contribution in [2.24, 2.45) is 0 Å². The van der Waals surface area contributed by atoms with Gasteiger partial charge in [-0.3, -0.25) is 0 Å². The van der Waals surface area contributed by atoms with Crippen molar-refractivity contribution >= 4 is 78.6 Å². The van der Waals surface area contributed by atoms with E-state index in [1.807, 2.05) is 0 Å². The number of rotatable bonds is 3. The first kappa shape index (κ1) is 35.2. The maximum Gasteiger partial charge on any atom is 0.333 e. The molecule has 288 valence electrons. The zero-order valence-electron chi connectivity index (χ0n) is 35.0. The van der Waals surface area contributed by atoms with E-state index in [4.69, 9.17) is 4.42 Å². The standard InChI is InChI=1S/C56H45BN2O/c1-55(2,3)38-24-28-47-42(30-38)43-31-39(56(4,5)6)32-45-51-52-49(33-44-41-19-13-14-20-50(41)60-54(44)51)58(40-25-21-36(22-26-40)34-15-9-7-10-16-34)48-27-23-37(35-17-11-8-12-18-35)29-46(48)57(52)59(47)53(43)45/h7-33H,1-6H3. The first-order valence-corrected chi connectivity index (χ1v) is 21.3. The minimum absolute atomic E-state index is 0.00240. The lowest BCUT2D eigenvalue weighted by Crippen LogP contribution is -2.56. The van der Waals surface area contributed by atoms with Crippen molar-refractivity contribution in [3.63, 3.8) is 0 Å². The number of aromatic nitrogens is 1. The maximum absolute atomic E-state index is 7.09. The number of para-hydroxylation sites is 1. The third-order valence-corrected chi connectivity index (χ3v) is 13.3. The van der Waals surface area contributed by atoms with Gasteiger partial charge in [-0.25, -0.2) is 0 Å². The smallest absolute Gasteiger partial charge is 0.333 e. The lowest BCUT2D eigenvalue weighted by Gasteiger charge is -2.41. The second kappa shape index (κ2) is 12.4. The molecule has 0 aliphatic carbocycles. The molecule has 0 spiro atoms. The zero-order valence-corrected chi connectivity index (χ0v) is 35.0. The highest BCUT2D eigenvalue weighted by Gasteiger charge is 2.45. The zero-order chi connectivity index (χ0) is 40.7. The molecule has 4 heterocycles. The minimum atomic E-state index is -0.111. The maximum atomic E-state index is 7.09. The molecule has 10 aromatic rings. The molecule has 0 saturated heterocycles. The van der Waals surface area contributed by atoms with Gasteiger partial charge in [-0.2, -0.15) is 0 Å². The Bertz CT molecular complexity index is 3380. The SMILES string of the molecule is CC(C)(C)c1ccc2c(c1)c1cc(C(C)(C)C)cc3c1n2B1c2cc(-c4ccccc4)ccc2N(c2ccc(-c4ccccc4)cc2)c2cc4c(oc5ccccc54)c-3c21. The highest BCUT2D eigenvalue weighted by molar-refractivity contribution is 6.90. The monoisotopic (exact) mass is 772 g/mol. The van der Waals surface area contributed by atoms with Gasteiger partial charge in [-0.05, 0) is 110 Å². The average Bonchev–Trinajstić information content (AvgIpc) is 3.80. The second-order valence-corrected chi connectivity index (χ2v) is 19.0. The van der Waals surface area contributed by atoms with Gasteiger partial charge < -0.3 is 13.8 Å². The van der Waals surface area contributed by atoms with Crippen LogP contribution in [0.5, 0.6) is 0 Å². The van der Waals surface area contributed by atoms with E-state index in [1.54, 1.807) is 0 Å². The third kappa shape index (κ3) is 5.03. The first-order chi connectivity index (χ1) is 29.0. The van der Waals surface area contributed by atoms with Crippen LogP contribution in [0.15, 0.2) is 168 Å². The van der Waals surface area contributed by atoms with Gasteiger partial charge in [0.25, 0.3) is 0 Å². The molecule has 0 saturated carbocycles. The summed E-state index contributed by atoms with van der Waals surface area (Å²) in [4.78, 5) is 2.52. The molecule has 4 heteroatoms. The van der Waals surface area contributed by atoms with Crippen LogP contribution in [0.4, 0.5) is 17.1 Å². The van der Waals surface area contributed by atoms with Gasteiger partial charge in [0.2, 0.25) is 0 Å². The van der Waals surface area contributed by atoms with Crippen molar-refractivity contribution in [1.29, 1.82) is 0 Å².